The number of nitrogens with zero attached hydrogens (tertiary/aromatic N) is 4. The van der Waals surface area contributed by atoms with Gasteiger partial charge in [0, 0.05) is 54.6 Å². The summed E-state index contributed by atoms with van der Waals surface area (Å²) in [4.78, 5) is 41.9. The Bertz CT molecular complexity index is 896. The number of benzene rings is 1. The van der Waals surface area contributed by atoms with E-state index in [1.54, 1.807) is 36.0 Å². The third-order valence-electron chi connectivity index (χ3n) is 5.20. The van der Waals surface area contributed by atoms with E-state index < -0.39 is 16.1 Å². The molecule has 1 aliphatic heterocycles. The third kappa shape index (κ3) is 5.37. The van der Waals surface area contributed by atoms with Gasteiger partial charge >= 0.3 is 0 Å². The van der Waals surface area contributed by atoms with Crippen molar-refractivity contribution in [1.82, 2.24) is 19.0 Å². The molecule has 0 N–H and O–H groups in total. The van der Waals surface area contributed by atoms with Gasteiger partial charge in [-0.1, -0.05) is 12.1 Å². The summed E-state index contributed by atoms with van der Waals surface area (Å²) in [7, 11) is 2.70. The number of piperazine rings is 1. The van der Waals surface area contributed by atoms with E-state index in [0.29, 0.717) is 19.5 Å². The fourth-order valence-corrected chi connectivity index (χ4v) is 4.21. The van der Waals surface area contributed by atoms with Gasteiger partial charge in [-0.15, -0.1) is 0 Å². The first-order chi connectivity index (χ1) is 13.9. The molecule has 0 aromatic heterocycles. The van der Waals surface area contributed by atoms with Crippen LogP contribution in [0, 0.1) is 0 Å². The van der Waals surface area contributed by atoms with E-state index in [2.05, 4.69) is 0 Å². The highest BCUT2D eigenvalue weighted by molar-refractivity contribution is 7.89. The van der Waals surface area contributed by atoms with Crippen molar-refractivity contribution in [3.8, 4) is 0 Å². The molecule has 0 bridgehead atoms. The molecule has 0 unspecified atom stereocenters. The zero-order valence-corrected chi connectivity index (χ0v) is 19.0. The Kier molecular flexibility index (Phi) is 7.59. The minimum absolute atomic E-state index is 0.119. The second-order valence-electron chi connectivity index (χ2n) is 7.73. The zero-order valence-electron chi connectivity index (χ0n) is 18.2. The molecule has 1 aromatic rings. The van der Waals surface area contributed by atoms with Gasteiger partial charge in [-0.3, -0.25) is 14.4 Å². The number of hydrogen-bond donors (Lipinski definition) is 0. The molecule has 0 aliphatic carbocycles. The number of amides is 3. The molecular formula is C20H30N4O5S. The van der Waals surface area contributed by atoms with Gasteiger partial charge in [0.05, 0.1) is 11.4 Å². The third-order valence-corrected chi connectivity index (χ3v) is 7.03. The molecule has 0 radical (unpaired) electrons. The highest BCUT2D eigenvalue weighted by Crippen LogP contribution is 2.17. The van der Waals surface area contributed by atoms with Gasteiger partial charge in [-0.05, 0) is 24.1 Å². The van der Waals surface area contributed by atoms with Gasteiger partial charge in [0.1, 0.15) is 6.04 Å². The monoisotopic (exact) mass is 438 g/mol. The SMILES string of the molecule is CC(=O)N1CCN(C(=O)CCc2ccc(S(=O)(=O)N(C)C)cc2)[C@@H](C(=O)N(C)C)C1. The molecule has 1 aliphatic rings. The minimum atomic E-state index is -3.50. The zero-order chi connectivity index (χ0) is 22.6. The number of aryl methyl sites for hydroxylation is 1. The quantitative estimate of drug-likeness (QED) is 0.624. The van der Waals surface area contributed by atoms with E-state index in [1.807, 2.05) is 0 Å². The predicted octanol–water partition coefficient (Wildman–Crippen LogP) is 0.0170. The van der Waals surface area contributed by atoms with Crippen molar-refractivity contribution < 1.29 is 22.8 Å². The van der Waals surface area contributed by atoms with Crippen LogP contribution in [0.3, 0.4) is 0 Å². The minimum Gasteiger partial charge on any atom is -0.347 e. The molecule has 1 heterocycles. The maximum absolute atomic E-state index is 12.9. The number of carbonyl (C=O) groups is 3. The number of carbonyl (C=O) groups excluding carboxylic acids is 3. The summed E-state index contributed by atoms with van der Waals surface area (Å²) in [5.41, 5.74) is 0.832. The molecule has 1 aromatic carbocycles. The first-order valence-corrected chi connectivity index (χ1v) is 11.2. The molecule has 3 amide bonds. The second kappa shape index (κ2) is 9.57. The van der Waals surface area contributed by atoms with Crippen molar-refractivity contribution in [3.63, 3.8) is 0 Å². The van der Waals surface area contributed by atoms with Crippen LogP contribution >= 0.6 is 0 Å². The topological polar surface area (TPSA) is 98.3 Å². The molecule has 0 saturated carbocycles. The van der Waals surface area contributed by atoms with Crippen LogP contribution in [-0.2, 0) is 30.8 Å². The van der Waals surface area contributed by atoms with Gasteiger partial charge in [-0.2, -0.15) is 0 Å². The number of hydrogen-bond acceptors (Lipinski definition) is 5. The van der Waals surface area contributed by atoms with E-state index in [-0.39, 0.29) is 35.6 Å². The average molecular weight is 439 g/mol. The molecule has 166 valence electrons. The van der Waals surface area contributed by atoms with E-state index in [0.717, 1.165) is 9.87 Å². The second-order valence-corrected chi connectivity index (χ2v) is 9.88. The molecule has 1 fully saturated rings. The number of rotatable bonds is 6. The van der Waals surface area contributed by atoms with Gasteiger partial charge in [0.2, 0.25) is 27.7 Å². The maximum atomic E-state index is 12.9. The Balaban J connectivity index is 2.07. The molecule has 1 saturated heterocycles. The fourth-order valence-electron chi connectivity index (χ4n) is 3.31. The molecule has 2 rings (SSSR count). The summed E-state index contributed by atoms with van der Waals surface area (Å²) < 4.78 is 25.4. The lowest BCUT2D eigenvalue weighted by Gasteiger charge is -2.41. The first kappa shape index (κ1) is 23.8. The van der Waals surface area contributed by atoms with Crippen molar-refractivity contribution in [2.45, 2.75) is 30.7 Å². The number of sulfonamides is 1. The standard InChI is InChI=1S/C20H30N4O5S/c1-15(25)23-12-13-24(18(14-23)20(27)21(2)3)19(26)11-8-16-6-9-17(10-7-16)30(28,29)22(4)5/h6-7,9-10,18H,8,11-14H2,1-5H3/t18-/m1/s1. The summed E-state index contributed by atoms with van der Waals surface area (Å²) in [5, 5.41) is 0. The van der Waals surface area contributed by atoms with Crippen LogP contribution in [0.15, 0.2) is 29.2 Å². The summed E-state index contributed by atoms with van der Waals surface area (Å²) >= 11 is 0. The molecular weight excluding hydrogens is 408 g/mol. The van der Waals surface area contributed by atoms with Crippen molar-refractivity contribution in [1.29, 1.82) is 0 Å². The van der Waals surface area contributed by atoms with Crippen molar-refractivity contribution in [2.75, 3.05) is 47.8 Å². The van der Waals surface area contributed by atoms with Gasteiger partial charge in [0.25, 0.3) is 0 Å². The highest BCUT2D eigenvalue weighted by atomic mass is 32.2. The highest BCUT2D eigenvalue weighted by Gasteiger charge is 2.36. The van der Waals surface area contributed by atoms with Gasteiger partial charge < -0.3 is 14.7 Å². The normalized spacial score (nSPS) is 17.2. The molecule has 10 heteroatoms. The van der Waals surface area contributed by atoms with E-state index in [1.165, 1.54) is 38.1 Å². The Morgan fingerprint density at radius 1 is 1.03 bits per heavy atom. The molecule has 9 nitrogen and oxygen atoms in total. The lowest BCUT2D eigenvalue weighted by Crippen LogP contribution is -2.61. The van der Waals surface area contributed by atoms with Crippen molar-refractivity contribution in [2.24, 2.45) is 0 Å². The lowest BCUT2D eigenvalue weighted by molar-refractivity contribution is -0.151. The van der Waals surface area contributed by atoms with Crippen LogP contribution in [0.5, 0.6) is 0 Å². The van der Waals surface area contributed by atoms with Crippen molar-refractivity contribution in [3.05, 3.63) is 29.8 Å². The van der Waals surface area contributed by atoms with Gasteiger partial charge in [0.15, 0.2) is 0 Å². The van der Waals surface area contributed by atoms with E-state index in [9.17, 15) is 22.8 Å². The van der Waals surface area contributed by atoms with Crippen LogP contribution in [0.1, 0.15) is 18.9 Å². The lowest BCUT2D eigenvalue weighted by atomic mass is 10.1. The summed E-state index contributed by atoms with van der Waals surface area (Å²) in [6.45, 7) is 2.35. The van der Waals surface area contributed by atoms with Crippen LogP contribution in [-0.4, -0.2) is 99.0 Å². The van der Waals surface area contributed by atoms with Crippen LogP contribution in [0.2, 0.25) is 0 Å². The maximum Gasteiger partial charge on any atom is 0.246 e. The van der Waals surface area contributed by atoms with Gasteiger partial charge in [-0.25, -0.2) is 12.7 Å². The summed E-state index contributed by atoms with van der Waals surface area (Å²) in [6, 6.07) is 5.75. The fraction of sp³-hybridized carbons (Fsp3) is 0.550. The van der Waals surface area contributed by atoms with Crippen molar-refractivity contribution >= 4 is 27.7 Å². The summed E-state index contributed by atoms with van der Waals surface area (Å²) in [5.74, 6) is -0.498. The Hall–Kier alpha value is -2.46. The van der Waals surface area contributed by atoms with E-state index >= 15 is 0 Å². The first-order valence-electron chi connectivity index (χ1n) is 9.72. The Morgan fingerprint density at radius 3 is 2.13 bits per heavy atom. The number of likely N-dealkylation sites (N-methyl/N-ethyl adjacent to an activating group) is 1. The molecule has 1 atom stereocenters. The Labute approximate surface area is 178 Å². The molecule has 30 heavy (non-hydrogen) atoms. The van der Waals surface area contributed by atoms with Crippen LogP contribution in [0.4, 0.5) is 0 Å². The smallest absolute Gasteiger partial charge is 0.246 e. The average Bonchev–Trinajstić information content (AvgIpc) is 2.70. The largest absolute Gasteiger partial charge is 0.347 e. The predicted molar refractivity (Wildman–Crippen MR) is 112 cm³/mol. The Morgan fingerprint density at radius 2 is 1.63 bits per heavy atom. The van der Waals surface area contributed by atoms with E-state index in [4.69, 9.17) is 0 Å². The molecule has 0 spiro atoms. The van der Waals surface area contributed by atoms with Crippen LogP contribution in [0.25, 0.3) is 0 Å². The summed E-state index contributed by atoms with van der Waals surface area (Å²) in [6.07, 6.45) is 0.619. The van der Waals surface area contributed by atoms with Crippen LogP contribution < -0.4 is 0 Å².